The Balaban J connectivity index is 3.21. The maximum Gasteiger partial charge on any atom is 0.250 e. The third-order valence-electron chi connectivity index (χ3n) is 3.81. The SMILES string of the molecule is C=CCc1cccc(OC)c1O[Si](C)(C)C(C)(C)C. The molecule has 0 fully saturated rings. The van der Waals surface area contributed by atoms with E-state index in [-0.39, 0.29) is 5.04 Å². The minimum atomic E-state index is -1.87. The van der Waals surface area contributed by atoms with Crippen molar-refractivity contribution in [3.8, 4) is 11.5 Å². The lowest BCUT2D eigenvalue weighted by atomic mass is 10.1. The summed E-state index contributed by atoms with van der Waals surface area (Å²) in [7, 11) is -0.182. The maximum absolute atomic E-state index is 6.44. The van der Waals surface area contributed by atoms with Crippen molar-refractivity contribution in [3.63, 3.8) is 0 Å². The predicted octanol–water partition coefficient (Wildman–Crippen LogP) is 4.81. The fourth-order valence-corrected chi connectivity index (χ4v) is 2.61. The number of ether oxygens (including phenoxy) is 1. The van der Waals surface area contributed by atoms with E-state index in [4.69, 9.17) is 9.16 Å². The van der Waals surface area contributed by atoms with E-state index in [2.05, 4.69) is 46.5 Å². The van der Waals surface area contributed by atoms with Gasteiger partial charge in [0, 0.05) is 5.56 Å². The van der Waals surface area contributed by atoms with Crippen LogP contribution < -0.4 is 9.16 Å². The second-order valence-electron chi connectivity index (χ2n) is 6.30. The Morgan fingerprint density at radius 1 is 1.26 bits per heavy atom. The van der Waals surface area contributed by atoms with Crippen LogP contribution in [0, 0.1) is 0 Å². The Morgan fingerprint density at radius 3 is 2.37 bits per heavy atom. The summed E-state index contributed by atoms with van der Waals surface area (Å²) < 4.78 is 11.9. The minimum Gasteiger partial charge on any atom is -0.541 e. The second-order valence-corrected chi connectivity index (χ2v) is 11.0. The van der Waals surface area contributed by atoms with E-state index >= 15 is 0 Å². The molecule has 0 aliphatic carbocycles. The first-order chi connectivity index (χ1) is 8.73. The smallest absolute Gasteiger partial charge is 0.250 e. The van der Waals surface area contributed by atoms with Gasteiger partial charge < -0.3 is 9.16 Å². The second kappa shape index (κ2) is 5.82. The zero-order valence-corrected chi connectivity index (χ0v) is 14.0. The van der Waals surface area contributed by atoms with Crippen molar-refractivity contribution in [3.05, 3.63) is 36.4 Å². The minimum absolute atomic E-state index is 0.166. The summed E-state index contributed by atoms with van der Waals surface area (Å²) in [6, 6.07) is 6.03. The van der Waals surface area contributed by atoms with Crippen LogP contribution in [0.2, 0.25) is 18.1 Å². The summed E-state index contributed by atoms with van der Waals surface area (Å²) in [6.45, 7) is 15.0. The molecule has 0 radical (unpaired) electrons. The van der Waals surface area contributed by atoms with Crippen LogP contribution in [0.1, 0.15) is 26.3 Å². The van der Waals surface area contributed by atoms with Gasteiger partial charge in [-0.3, -0.25) is 0 Å². The molecule has 0 amide bonds. The largest absolute Gasteiger partial charge is 0.541 e. The molecule has 3 heteroatoms. The van der Waals surface area contributed by atoms with Gasteiger partial charge in [0.05, 0.1) is 7.11 Å². The molecule has 106 valence electrons. The fourth-order valence-electron chi connectivity index (χ4n) is 1.56. The van der Waals surface area contributed by atoms with Gasteiger partial charge in [0.2, 0.25) is 0 Å². The molecule has 0 unspecified atom stereocenters. The normalized spacial score (nSPS) is 12.1. The van der Waals surface area contributed by atoms with Gasteiger partial charge in [-0.05, 0) is 30.6 Å². The molecule has 1 aromatic carbocycles. The number of hydrogen-bond donors (Lipinski definition) is 0. The number of benzene rings is 1. The molecule has 0 saturated carbocycles. The van der Waals surface area contributed by atoms with E-state index in [0.717, 1.165) is 23.5 Å². The first-order valence-corrected chi connectivity index (χ1v) is 9.59. The van der Waals surface area contributed by atoms with Gasteiger partial charge in [-0.25, -0.2) is 0 Å². The van der Waals surface area contributed by atoms with Crippen LogP contribution in [0.25, 0.3) is 0 Å². The van der Waals surface area contributed by atoms with Crippen LogP contribution in [0.15, 0.2) is 30.9 Å². The highest BCUT2D eigenvalue weighted by Crippen LogP contribution is 2.41. The first kappa shape index (κ1) is 15.8. The summed E-state index contributed by atoms with van der Waals surface area (Å²) in [5.41, 5.74) is 1.14. The summed E-state index contributed by atoms with van der Waals surface area (Å²) in [6.07, 6.45) is 2.69. The van der Waals surface area contributed by atoms with Gasteiger partial charge in [-0.15, -0.1) is 6.58 Å². The van der Waals surface area contributed by atoms with Crippen molar-refractivity contribution in [2.75, 3.05) is 7.11 Å². The summed E-state index contributed by atoms with van der Waals surface area (Å²) in [5, 5.41) is 0.166. The van der Waals surface area contributed by atoms with Crippen molar-refractivity contribution >= 4 is 8.32 Å². The van der Waals surface area contributed by atoms with E-state index in [1.54, 1.807) is 7.11 Å². The Kier molecular flexibility index (Phi) is 4.85. The average Bonchev–Trinajstić information content (AvgIpc) is 2.30. The van der Waals surface area contributed by atoms with E-state index in [0.29, 0.717) is 0 Å². The molecule has 0 aromatic heterocycles. The van der Waals surface area contributed by atoms with E-state index in [9.17, 15) is 0 Å². The molecule has 0 spiro atoms. The standard InChI is InChI=1S/C16H26O2Si/c1-8-10-13-11-9-12-14(17-5)15(13)18-19(6,7)16(2,3)4/h8-9,11-12H,1,10H2,2-7H3. The van der Waals surface area contributed by atoms with Crippen LogP contribution in [-0.4, -0.2) is 15.4 Å². The molecular formula is C16H26O2Si. The van der Waals surface area contributed by atoms with Gasteiger partial charge in [0.25, 0.3) is 8.32 Å². The molecule has 1 aromatic rings. The van der Waals surface area contributed by atoms with Gasteiger partial charge in [-0.2, -0.15) is 0 Å². The molecule has 0 bridgehead atoms. The quantitative estimate of drug-likeness (QED) is 0.568. The van der Waals surface area contributed by atoms with Crippen LogP contribution in [0.3, 0.4) is 0 Å². The topological polar surface area (TPSA) is 18.5 Å². The van der Waals surface area contributed by atoms with Crippen molar-refractivity contribution in [2.24, 2.45) is 0 Å². The van der Waals surface area contributed by atoms with Crippen molar-refractivity contribution in [2.45, 2.75) is 45.3 Å². The van der Waals surface area contributed by atoms with E-state index < -0.39 is 8.32 Å². The Labute approximate surface area is 118 Å². The molecule has 0 saturated heterocycles. The summed E-state index contributed by atoms with van der Waals surface area (Å²) in [5.74, 6) is 1.70. The van der Waals surface area contributed by atoms with Crippen LogP contribution in [0.4, 0.5) is 0 Å². The molecule has 0 aliphatic heterocycles. The number of allylic oxidation sites excluding steroid dienone is 1. The molecule has 0 aliphatic rings. The van der Waals surface area contributed by atoms with E-state index in [1.165, 1.54) is 0 Å². The number of rotatable bonds is 5. The highest BCUT2D eigenvalue weighted by molar-refractivity contribution is 6.74. The van der Waals surface area contributed by atoms with Crippen molar-refractivity contribution < 1.29 is 9.16 Å². The third-order valence-corrected chi connectivity index (χ3v) is 8.13. The van der Waals surface area contributed by atoms with Crippen LogP contribution >= 0.6 is 0 Å². The van der Waals surface area contributed by atoms with Crippen LogP contribution in [0.5, 0.6) is 11.5 Å². The molecule has 0 N–H and O–H groups in total. The Morgan fingerprint density at radius 2 is 1.89 bits per heavy atom. The summed E-state index contributed by atoms with van der Waals surface area (Å²) in [4.78, 5) is 0. The third kappa shape index (κ3) is 3.63. The number of hydrogen-bond acceptors (Lipinski definition) is 2. The van der Waals surface area contributed by atoms with E-state index in [1.807, 2.05) is 18.2 Å². The molecule has 0 atom stereocenters. The zero-order valence-electron chi connectivity index (χ0n) is 13.0. The van der Waals surface area contributed by atoms with Gasteiger partial charge in [0.1, 0.15) is 5.75 Å². The number of methoxy groups -OCH3 is 1. The average molecular weight is 278 g/mol. The Bertz CT molecular complexity index is 445. The van der Waals surface area contributed by atoms with Crippen molar-refractivity contribution in [1.29, 1.82) is 0 Å². The molecule has 0 heterocycles. The lowest BCUT2D eigenvalue weighted by molar-refractivity contribution is 0.384. The lowest BCUT2D eigenvalue weighted by Crippen LogP contribution is -2.44. The molecule has 1 rings (SSSR count). The van der Waals surface area contributed by atoms with Crippen molar-refractivity contribution in [1.82, 2.24) is 0 Å². The lowest BCUT2D eigenvalue weighted by Gasteiger charge is -2.37. The summed E-state index contributed by atoms with van der Waals surface area (Å²) >= 11 is 0. The highest BCUT2D eigenvalue weighted by atomic mass is 28.4. The zero-order chi connectivity index (χ0) is 14.7. The molecule has 19 heavy (non-hydrogen) atoms. The maximum atomic E-state index is 6.44. The van der Waals surface area contributed by atoms with Gasteiger partial charge >= 0.3 is 0 Å². The molecule has 2 nitrogen and oxygen atoms in total. The predicted molar refractivity (Wildman–Crippen MR) is 84.7 cm³/mol. The van der Waals surface area contributed by atoms with Gasteiger partial charge in [0.15, 0.2) is 5.75 Å². The fraction of sp³-hybridized carbons (Fsp3) is 0.500. The first-order valence-electron chi connectivity index (χ1n) is 6.68. The Hall–Kier alpha value is -1.22. The number of para-hydroxylation sites is 1. The highest BCUT2D eigenvalue weighted by Gasteiger charge is 2.39. The van der Waals surface area contributed by atoms with Gasteiger partial charge in [-0.1, -0.05) is 39.0 Å². The van der Waals surface area contributed by atoms with Crippen LogP contribution in [-0.2, 0) is 6.42 Å². The molecular weight excluding hydrogens is 252 g/mol. The monoisotopic (exact) mass is 278 g/mol.